The Hall–Kier alpha value is -0.370. The van der Waals surface area contributed by atoms with Gasteiger partial charge in [0.1, 0.15) is 0 Å². The second-order valence-electron chi connectivity index (χ2n) is 2.83. The molecule has 0 aliphatic carbocycles. The van der Waals surface area contributed by atoms with E-state index in [0.717, 1.165) is 11.0 Å². The fraction of sp³-hybridized carbons (Fsp3) is 0.444. The molecule has 0 bridgehead atoms. The van der Waals surface area contributed by atoms with Crippen LogP contribution in [0.1, 0.15) is 31.0 Å². The van der Waals surface area contributed by atoms with Gasteiger partial charge in [-0.15, -0.1) is 0 Å². The summed E-state index contributed by atoms with van der Waals surface area (Å²) in [7, 11) is 0. The molecule has 11 heavy (non-hydrogen) atoms. The van der Waals surface area contributed by atoms with Crippen LogP contribution in [-0.2, 0) is 5.33 Å². The number of pyridine rings is 1. The Balaban J connectivity index is 3.02. The van der Waals surface area contributed by atoms with Crippen molar-refractivity contribution in [3.63, 3.8) is 0 Å². The predicted octanol–water partition coefficient (Wildman–Crippen LogP) is 3.10. The van der Waals surface area contributed by atoms with Gasteiger partial charge >= 0.3 is 0 Å². The topological polar surface area (TPSA) is 12.9 Å². The van der Waals surface area contributed by atoms with Crippen LogP contribution < -0.4 is 0 Å². The van der Waals surface area contributed by atoms with Crippen molar-refractivity contribution in [1.29, 1.82) is 0 Å². The van der Waals surface area contributed by atoms with E-state index < -0.39 is 0 Å². The van der Waals surface area contributed by atoms with Gasteiger partial charge in [0.15, 0.2) is 0 Å². The lowest BCUT2D eigenvalue weighted by atomic mass is 10.0. The first-order chi connectivity index (χ1) is 5.25. The molecule has 60 valence electrons. The highest BCUT2D eigenvalue weighted by Gasteiger charge is 2.04. The van der Waals surface area contributed by atoms with Crippen molar-refractivity contribution in [1.82, 2.24) is 4.98 Å². The summed E-state index contributed by atoms with van der Waals surface area (Å²) in [6, 6.07) is 4.12. The smallest absolute Gasteiger partial charge is 0.0543 e. The summed E-state index contributed by atoms with van der Waals surface area (Å²) in [4.78, 5) is 4.27. The molecule has 1 aromatic heterocycles. The number of rotatable bonds is 2. The van der Waals surface area contributed by atoms with E-state index in [-0.39, 0.29) is 0 Å². The van der Waals surface area contributed by atoms with Crippen molar-refractivity contribution in [2.75, 3.05) is 0 Å². The average Bonchev–Trinajstić information content (AvgIpc) is 2.04. The third-order valence-electron chi connectivity index (χ3n) is 1.67. The first-order valence-electron chi connectivity index (χ1n) is 3.75. The number of nitrogens with zero attached hydrogens (tertiary/aromatic N) is 1. The number of hydrogen-bond donors (Lipinski definition) is 0. The van der Waals surface area contributed by atoms with Gasteiger partial charge in [-0.25, -0.2) is 0 Å². The molecule has 1 heterocycles. The van der Waals surface area contributed by atoms with Gasteiger partial charge in [0.2, 0.25) is 0 Å². The van der Waals surface area contributed by atoms with Gasteiger partial charge in [-0.3, -0.25) is 4.98 Å². The molecular formula is C9H12BrN. The Labute approximate surface area is 76.0 Å². The minimum absolute atomic E-state index is 0.566. The van der Waals surface area contributed by atoms with E-state index in [0.29, 0.717) is 5.92 Å². The maximum atomic E-state index is 4.27. The number of hydrogen-bond acceptors (Lipinski definition) is 1. The lowest BCUT2D eigenvalue weighted by Gasteiger charge is -2.08. The molecule has 0 N–H and O–H groups in total. The van der Waals surface area contributed by atoms with E-state index in [1.807, 2.05) is 12.3 Å². The van der Waals surface area contributed by atoms with Gasteiger partial charge in [0, 0.05) is 11.5 Å². The van der Waals surface area contributed by atoms with Crippen LogP contribution >= 0.6 is 15.9 Å². The zero-order chi connectivity index (χ0) is 8.27. The second-order valence-corrected chi connectivity index (χ2v) is 3.39. The van der Waals surface area contributed by atoms with Crippen LogP contribution in [0.25, 0.3) is 0 Å². The molecule has 0 spiro atoms. The normalized spacial score (nSPS) is 10.5. The van der Waals surface area contributed by atoms with Crippen molar-refractivity contribution >= 4 is 15.9 Å². The standard InChI is InChI=1S/C9H12BrN/c1-7(2)8-4-3-5-11-9(8)6-10/h3-5,7H,6H2,1-2H3. The van der Waals surface area contributed by atoms with E-state index in [4.69, 9.17) is 0 Å². The first kappa shape index (κ1) is 8.72. The lowest BCUT2D eigenvalue weighted by Crippen LogP contribution is -1.95. The predicted molar refractivity (Wildman–Crippen MR) is 51.0 cm³/mol. The highest BCUT2D eigenvalue weighted by molar-refractivity contribution is 9.08. The van der Waals surface area contributed by atoms with Crippen LogP contribution in [0.4, 0.5) is 0 Å². The quantitative estimate of drug-likeness (QED) is 0.689. The third kappa shape index (κ3) is 2.03. The maximum absolute atomic E-state index is 4.27. The fourth-order valence-corrected chi connectivity index (χ4v) is 1.56. The molecule has 2 heteroatoms. The molecule has 0 amide bonds. The molecule has 1 nitrogen and oxygen atoms in total. The van der Waals surface area contributed by atoms with Crippen molar-refractivity contribution in [2.24, 2.45) is 0 Å². The third-order valence-corrected chi connectivity index (χ3v) is 2.21. The molecule has 0 unspecified atom stereocenters. The molecule has 0 aliphatic rings. The fourth-order valence-electron chi connectivity index (χ4n) is 1.09. The molecule has 0 aliphatic heterocycles. The molecule has 0 fully saturated rings. The van der Waals surface area contributed by atoms with Gasteiger partial charge in [-0.05, 0) is 17.5 Å². The van der Waals surface area contributed by atoms with Crippen molar-refractivity contribution in [3.8, 4) is 0 Å². The Morgan fingerprint density at radius 1 is 1.55 bits per heavy atom. The molecule has 1 rings (SSSR count). The van der Waals surface area contributed by atoms with E-state index in [1.54, 1.807) is 0 Å². The number of halogens is 1. The highest BCUT2D eigenvalue weighted by atomic mass is 79.9. The zero-order valence-electron chi connectivity index (χ0n) is 6.84. The summed E-state index contributed by atoms with van der Waals surface area (Å²) in [5, 5.41) is 0.849. The Kier molecular flexibility index (Phi) is 3.06. The summed E-state index contributed by atoms with van der Waals surface area (Å²) in [5.41, 5.74) is 2.49. The van der Waals surface area contributed by atoms with Crippen LogP contribution in [0.2, 0.25) is 0 Å². The second kappa shape index (κ2) is 3.86. The summed E-state index contributed by atoms with van der Waals surface area (Å²) in [6.07, 6.45) is 1.84. The summed E-state index contributed by atoms with van der Waals surface area (Å²) < 4.78 is 0. The van der Waals surface area contributed by atoms with Gasteiger partial charge < -0.3 is 0 Å². The van der Waals surface area contributed by atoms with Crippen LogP contribution in [0, 0.1) is 0 Å². The number of alkyl halides is 1. The molecular weight excluding hydrogens is 202 g/mol. The Bertz CT molecular complexity index is 233. The SMILES string of the molecule is CC(C)c1cccnc1CBr. The lowest BCUT2D eigenvalue weighted by molar-refractivity contribution is 0.841. The minimum Gasteiger partial charge on any atom is -0.260 e. The van der Waals surface area contributed by atoms with Crippen LogP contribution in [0.5, 0.6) is 0 Å². The van der Waals surface area contributed by atoms with Crippen molar-refractivity contribution < 1.29 is 0 Å². The monoisotopic (exact) mass is 213 g/mol. The van der Waals surface area contributed by atoms with Crippen LogP contribution in [-0.4, -0.2) is 4.98 Å². The largest absolute Gasteiger partial charge is 0.260 e. The Morgan fingerprint density at radius 2 is 2.27 bits per heavy atom. The van der Waals surface area contributed by atoms with E-state index in [1.165, 1.54) is 5.56 Å². The molecule has 0 atom stereocenters. The zero-order valence-corrected chi connectivity index (χ0v) is 8.43. The van der Waals surface area contributed by atoms with E-state index >= 15 is 0 Å². The van der Waals surface area contributed by atoms with Gasteiger partial charge in [-0.1, -0.05) is 35.8 Å². The highest BCUT2D eigenvalue weighted by Crippen LogP contribution is 2.18. The first-order valence-corrected chi connectivity index (χ1v) is 4.87. The molecule has 1 aromatic rings. The van der Waals surface area contributed by atoms with Gasteiger partial charge in [0.25, 0.3) is 0 Å². The van der Waals surface area contributed by atoms with E-state index in [2.05, 4.69) is 40.8 Å². The summed E-state index contributed by atoms with van der Waals surface area (Å²) >= 11 is 3.41. The maximum Gasteiger partial charge on any atom is 0.0543 e. The van der Waals surface area contributed by atoms with Crippen LogP contribution in [0.15, 0.2) is 18.3 Å². The van der Waals surface area contributed by atoms with E-state index in [9.17, 15) is 0 Å². The molecule has 0 aromatic carbocycles. The molecule has 0 radical (unpaired) electrons. The molecule has 0 saturated carbocycles. The number of aromatic nitrogens is 1. The summed E-state index contributed by atoms with van der Waals surface area (Å²) in [6.45, 7) is 4.37. The van der Waals surface area contributed by atoms with Crippen molar-refractivity contribution in [2.45, 2.75) is 25.1 Å². The Morgan fingerprint density at radius 3 is 2.73 bits per heavy atom. The average molecular weight is 214 g/mol. The minimum atomic E-state index is 0.566. The summed E-state index contributed by atoms with van der Waals surface area (Å²) in [5.74, 6) is 0.566. The van der Waals surface area contributed by atoms with Crippen LogP contribution in [0.3, 0.4) is 0 Å². The van der Waals surface area contributed by atoms with Gasteiger partial charge in [0.05, 0.1) is 5.69 Å². The molecule has 0 saturated heterocycles. The van der Waals surface area contributed by atoms with Gasteiger partial charge in [-0.2, -0.15) is 0 Å². The van der Waals surface area contributed by atoms with Crippen molar-refractivity contribution in [3.05, 3.63) is 29.6 Å².